The summed E-state index contributed by atoms with van der Waals surface area (Å²) < 4.78 is 15.3. The second kappa shape index (κ2) is 5.77. The summed E-state index contributed by atoms with van der Waals surface area (Å²) in [4.78, 5) is 4.90. The lowest BCUT2D eigenvalue weighted by molar-refractivity contribution is 0.479. The van der Waals surface area contributed by atoms with Crippen molar-refractivity contribution in [2.45, 2.75) is 26.3 Å². The Hall–Kier alpha value is -2.01. The highest BCUT2D eigenvalue weighted by Crippen LogP contribution is 2.35. The molecule has 3 aromatic heterocycles. The van der Waals surface area contributed by atoms with Crippen LogP contribution in [0.4, 0.5) is 4.39 Å². The first-order valence-electron chi connectivity index (χ1n) is 6.94. The zero-order valence-corrected chi connectivity index (χ0v) is 12.8. The van der Waals surface area contributed by atoms with E-state index < -0.39 is 0 Å². The molecule has 3 nitrogen and oxygen atoms in total. The third kappa shape index (κ3) is 2.74. The van der Waals surface area contributed by atoms with E-state index in [0.29, 0.717) is 6.04 Å². The topological polar surface area (TPSA) is 30.7 Å². The summed E-state index contributed by atoms with van der Waals surface area (Å²) in [6.45, 7) is 4.26. The molecule has 1 atom stereocenters. The molecule has 5 heteroatoms. The quantitative estimate of drug-likeness (QED) is 0.694. The van der Waals surface area contributed by atoms with Gasteiger partial charge in [-0.15, -0.1) is 11.3 Å². The van der Waals surface area contributed by atoms with E-state index in [1.165, 1.54) is 6.07 Å². The summed E-state index contributed by atoms with van der Waals surface area (Å²) in [6.07, 6.45) is 6.55. The van der Waals surface area contributed by atoms with Crippen molar-refractivity contribution in [2.75, 3.05) is 0 Å². The summed E-state index contributed by atoms with van der Waals surface area (Å²) in [5.74, 6) is 0. The minimum atomic E-state index is -0.191. The Balaban J connectivity index is 2.15. The molecule has 0 aliphatic heterocycles. The van der Waals surface area contributed by atoms with Crippen LogP contribution in [0.15, 0.2) is 42.9 Å². The summed E-state index contributed by atoms with van der Waals surface area (Å²) in [7, 11) is 0. The van der Waals surface area contributed by atoms with Gasteiger partial charge in [-0.25, -0.2) is 0 Å². The molecular weight excluding hydrogens is 285 g/mol. The molecule has 0 aliphatic rings. The van der Waals surface area contributed by atoms with Gasteiger partial charge in [0.05, 0.1) is 4.88 Å². The Morgan fingerprint density at radius 1 is 1.24 bits per heavy atom. The van der Waals surface area contributed by atoms with Crippen molar-refractivity contribution in [3.8, 4) is 21.7 Å². The van der Waals surface area contributed by atoms with Gasteiger partial charge < -0.3 is 0 Å². The lowest BCUT2D eigenvalue weighted by Crippen LogP contribution is -2.03. The van der Waals surface area contributed by atoms with E-state index in [1.54, 1.807) is 18.5 Å². The number of pyridine rings is 1. The number of hydrogen-bond acceptors (Lipinski definition) is 3. The molecule has 108 valence electrons. The molecule has 0 aliphatic carbocycles. The van der Waals surface area contributed by atoms with Gasteiger partial charge in [-0.05, 0) is 43.2 Å². The summed E-state index contributed by atoms with van der Waals surface area (Å²) in [6, 6.07) is 7.48. The fourth-order valence-electron chi connectivity index (χ4n) is 2.17. The minimum absolute atomic E-state index is 0.191. The second-order valence-corrected chi connectivity index (χ2v) is 6.00. The SMILES string of the molecule is CCC(C)n1cc(-c2ccncc2)c(-c2ccc(F)s2)n1. The van der Waals surface area contributed by atoms with Crippen molar-refractivity contribution >= 4 is 11.3 Å². The van der Waals surface area contributed by atoms with Gasteiger partial charge in [0.2, 0.25) is 0 Å². The summed E-state index contributed by atoms with van der Waals surface area (Å²) >= 11 is 1.12. The first-order chi connectivity index (χ1) is 10.2. The maximum atomic E-state index is 13.4. The van der Waals surface area contributed by atoms with Gasteiger partial charge in [0.25, 0.3) is 0 Å². The molecule has 0 saturated carbocycles. The predicted molar refractivity (Wildman–Crippen MR) is 83.7 cm³/mol. The Morgan fingerprint density at radius 3 is 2.62 bits per heavy atom. The Labute approximate surface area is 127 Å². The molecule has 3 heterocycles. The number of nitrogens with zero attached hydrogens (tertiary/aromatic N) is 3. The first-order valence-corrected chi connectivity index (χ1v) is 7.76. The molecule has 1 unspecified atom stereocenters. The van der Waals surface area contributed by atoms with Crippen LogP contribution >= 0.6 is 11.3 Å². The smallest absolute Gasteiger partial charge is 0.177 e. The molecule has 0 N–H and O–H groups in total. The van der Waals surface area contributed by atoms with Crippen LogP contribution in [0.25, 0.3) is 21.7 Å². The molecule has 0 radical (unpaired) electrons. The van der Waals surface area contributed by atoms with E-state index in [-0.39, 0.29) is 5.13 Å². The third-order valence-corrected chi connectivity index (χ3v) is 4.45. The van der Waals surface area contributed by atoms with Gasteiger partial charge >= 0.3 is 0 Å². The van der Waals surface area contributed by atoms with Crippen molar-refractivity contribution in [2.24, 2.45) is 0 Å². The fourth-order valence-corrected chi connectivity index (χ4v) is 2.90. The zero-order valence-electron chi connectivity index (χ0n) is 12.0. The molecule has 0 bridgehead atoms. The Bertz CT molecular complexity index is 733. The molecular formula is C16H16FN3S. The monoisotopic (exact) mass is 301 g/mol. The van der Waals surface area contributed by atoms with Gasteiger partial charge in [0, 0.05) is 30.2 Å². The molecule has 21 heavy (non-hydrogen) atoms. The van der Waals surface area contributed by atoms with Crippen LogP contribution < -0.4 is 0 Å². The standard InChI is InChI=1S/C16H16FN3S/c1-3-11(2)20-10-13(12-6-8-18-9-7-12)16(19-20)14-4-5-15(17)21-14/h4-11H,3H2,1-2H3. The lowest BCUT2D eigenvalue weighted by Gasteiger charge is -2.07. The summed E-state index contributed by atoms with van der Waals surface area (Å²) in [5.41, 5.74) is 2.89. The Kier molecular flexibility index (Phi) is 3.84. The average Bonchev–Trinajstić information content (AvgIpc) is 3.13. The molecule has 0 aromatic carbocycles. The molecule has 3 rings (SSSR count). The van der Waals surface area contributed by atoms with Crippen molar-refractivity contribution < 1.29 is 4.39 Å². The van der Waals surface area contributed by atoms with E-state index in [2.05, 4.69) is 23.9 Å². The number of rotatable bonds is 4. The minimum Gasteiger partial charge on any atom is -0.269 e. The average molecular weight is 301 g/mol. The van der Waals surface area contributed by atoms with Gasteiger partial charge in [0.15, 0.2) is 5.13 Å². The van der Waals surface area contributed by atoms with Crippen LogP contribution in [-0.4, -0.2) is 14.8 Å². The number of aromatic nitrogens is 3. The molecule has 0 saturated heterocycles. The second-order valence-electron chi connectivity index (χ2n) is 4.97. The van der Waals surface area contributed by atoms with E-state index in [9.17, 15) is 4.39 Å². The van der Waals surface area contributed by atoms with Gasteiger partial charge in [0.1, 0.15) is 5.69 Å². The first kappa shape index (κ1) is 13.9. The van der Waals surface area contributed by atoms with Gasteiger partial charge in [-0.1, -0.05) is 6.92 Å². The lowest BCUT2D eigenvalue weighted by atomic mass is 10.1. The van der Waals surface area contributed by atoms with Crippen LogP contribution in [0.1, 0.15) is 26.3 Å². The number of thiophene rings is 1. The highest BCUT2D eigenvalue weighted by molar-refractivity contribution is 7.13. The highest BCUT2D eigenvalue weighted by atomic mass is 32.1. The van der Waals surface area contributed by atoms with Crippen LogP contribution in [0.5, 0.6) is 0 Å². The maximum absolute atomic E-state index is 13.4. The fraction of sp³-hybridized carbons (Fsp3) is 0.250. The van der Waals surface area contributed by atoms with E-state index in [1.807, 2.05) is 23.0 Å². The normalized spacial score (nSPS) is 12.5. The van der Waals surface area contributed by atoms with E-state index >= 15 is 0 Å². The van der Waals surface area contributed by atoms with Crippen molar-refractivity contribution in [1.29, 1.82) is 0 Å². The molecule has 0 fully saturated rings. The van der Waals surface area contributed by atoms with Crippen molar-refractivity contribution in [1.82, 2.24) is 14.8 Å². The third-order valence-electron chi connectivity index (χ3n) is 3.57. The molecule has 3 aromatic rings. The summed E-state index contributed by atoms with van der Waals surface area (Å²) in [5, 5.41) is 4.49. The van der Waals surface area contributed by atoms with Crippen molar-refractivity contribution in [3.63, 3.8) is 0 Å². The number of halogens is 1. The van der Waals surface area contributed by atoms with Crippen LogP contribution in [0.3, 0.4) is 0 Å². The zero-order chi connectivity index (χ0) is 14.8. The van der Waals surface area contributed by atoms with Crippen LogP contribution in [0.2, 0.25) is 0 Å². The van der Waals surface area contributed by atoms with E-state index in [4.69, 9.17) is 0 Å². The van der Waals surface area contributed by atoms with Gasteiger partial charge in [-0.3, -0.25) is 9.67 Å². The molecule has 0 amide bonds. The molecule has 0 spiro atoms. The van der Waals surface area contributed by atoms with Crippen LogP contribution in [-0.2, 0) is 0 Å². The largest absolute Gasteiger partial charge is 0.269 e. The van der Waals surface area contributed by atoms with Crippen molar-refractivity contribution in [3.05, 3.63) is 48.0 Å². The Morgan fingerprint density at radius 2 is 2.00 bits per heavy atom. The van der Waals surface area contributed by atoms with E-state index in [0.717, 1.165) is 39.5 Å². The van der Waals surface area contributed by atoms with Crippen LogP contribution in [0, 0.1) is 5.13 Å². The highest BCUT2D eigenvalue weighted by Gasteiger charge is 2.16. The van der Waals surface area contributed by atoms with Gasteiger partial charge in [-0.2, -0.15) is 9.49 Å². The predicted octanol–water partition coefficient (Wildman–Crippen LogP) is 4.78. The maximum Gasteiger partial charge on any atom is 0.177 e. The number of hydrogen-bond donors (Lipinski definition) is 0.